The maximum Gasteiger partial charge on any atom is 0.127 e. The summed E-state index contributed by atoms with van der Waals surface area (Å²) in [6.45, 7) is 7.26. The molecule has 1 aromatic carbocycles. The first-order valence-corrected chi connectivity index (χ1v) is 7.48. The van der Waals surface area contributed by atoms with Crippen molar-refractivity contribution in [3.8, 4) is 5.75 Å². The molecule has 0 bridgehead atoms. The molecule has 0 amide bonds. The van der Waals surface area contributed by atoms with Crippen LogP contribution in [-0.4, -0.2) is 10.6 Å². The molecular weight excluding hydrogens is 260 g/mol. The Morgan fingerprint density at radius 3 is 2.76 bits per heavy atom. The van der Waals surface area contributed by atoms with Crippen LogP contribution in [0.4, 0.5) is 0 Å². The van der Waals surface area contributed by atoms with Crippen molar-refractivity contribution in [3.63, 3.8) is 0 Å². The summed E-state index contributed by atoms with van der Waals surface area (Å²) < 4.78 is 6.11. The minimum Gasteiger partial charge on any atom is -0.487 e. The van der Waals surface area contributed by atoms with Crippen LogP contribution in [0, 0.1) is 0 Å². The number of aromatic nitrogens is 1. The number of para-hydroxylation sites is 1. The van der Waals surface area contributed by atoms with E-state index in [-0.39, 0.29) is 5.60 Å². The van der Waals surface area contributed by atoms with Crippen molar-refractivity contribution in [3.05, 3.63) is 59.4 Å². The smallest absolute Gasteiger partial charge is 0.127 e. The normalized spacial score (nSPS) is 17.1. The van der Waals surface area contributed by atoms with Gasteiger partial charge in [0.05, 0.1) is 0 Å². The summed E-state index contributed by atoms with van der Waals surface area (Å²) in [7, 11) is 0. The van der Waals surface area contributed by atoms with Crippen LogP contribution in [0.25, 0.3) is 0 Å². The van der Waals surface area contributed by atoms with E-state index in [9.17, 15) is 0 Å². The van der Waals surface area contributed by atoms with Gasteiger partial charge in [0.2, 0.25) is 0 Å². The minimum absolute atomic E-state index is 0.0881. The Kier molecular flexibility index (Phi) is 3.68. The van der Waals surface area contributed by atoms with Crippen LogP contribution in [-0.2, 0) is 13.0 Å². The fourth-order valence-electron chi connectivity index (χ4n) is 2.85. The lowest BCUT2D eigenvalue weighted by Crippen LogP contribution is -2.25. The number of hydrogen-bond donors (Lipinski definition) is 1. The Morgan fingerprint density at radius 2 is 2.00 bits per heavy atom. The zero-order valence-corrected chi connectivity index (χ0v) is 12.9. The number of benzene rings is 1. The third-order valence-electron chi connectivity index (χ3n) is 3.98. The summed E-state index contributed by atoms with van der Waals surface area (Å²) >= 11 is 0. The Morgan fingerprint density at radius 1 is 1.24 bits per heavy atom. The second-order valence-electron chi connectivity index (χ2n) is 6.33. The topological polar surface area (TPSA) is 34.1 Å². The molecular formula is C18H22N2O. The van der Waals surface area contributed by atoms with Crippen molar-refractivity contribution in [1.29, 1.82) is 0 Å². The molecule has 3 nitrogen and oxygen atoms in total. The first-order valence-electron chi connectivity index (χ1n) is 7.48. The van der Waals surface area contributed by atoms with E-state index in [4.69, 9.17) is 4.74 Å². The molecule has 110 valence electrons. The summed E-state index contributed by atoms with van der Waals surface area (Å²) in [5.74, 6) is 1.07. The van der Waals surface area contributed by atoms with Gasteiger partial charge in [0.25, 0.3) is 0 Å². The maximum atomic E-state index is 6.11. The Hall–Kier alpha value is -1.87. The number of hydrogen-bond acceptors (Lipinski definition) is 3. The number of ether oxygens (including phenoxy) is 1. The van der Waals surface area contributed by atoms with Gasteiger partial charge >= 0.3 is 0 Å². The Labute approximate surface area is 126 Å². The maximum absolute atomic E-state index is 6.11. The molecule has 2 aromatic rings. The van der Waals surface area contributed by atoms with Gasteiger partial charge in [0.1, 0.15) is 11.4 Å². The lowest BCUT2D eigenvalue weighted by molar-refractivity contribution is 0.137. The zero-order valence-electron chi connectivity index (χ0n) is 12.9. The molecule has 0 saturated carbocycles. The molecule has 0 spiro atoms. The fraction of sp³-hybridized carbons (Fsp3) is 0.389. The lowest BCUT2D eigenvalue weighted by atomic mass is 10.0. The van der Waals surface area contributed by atoms with Crippen LogP contribution in [0.2, 0.25) is 0 Å². The molecule has 2 heterocycles. The van der Waals surface area contributed by atoms with Gasteiger partial charge < -0.3 is 10.1 Å². The van der Waals surface area contributed by atoms with Gasteiger partial charge in [-0.3, -0.25) is 4.98 Å². The van der Waals surface area contributed by atoms with E-state index in [1.54, 1.807) is 0 Å². The summed E-state index contributed by atoms with van der Waals surface area (Å²) in [4.78, 5) is 4.06. The van der Waals surface area contributed by atoms with Crippen LogP contribution in [0.3, 0.4) is 0 Å². The van der Waals surface area contributed by atoms with E-state index in [0.29, 0.717) is 6.04 Å². The average Bonchev–Trinajstić information content (AvgIpc) is 2.80. The molecule has 0 aliphatic carbocycles. The standard InChI is InChI=1S/C18H22N2O/c1-13(14-7-9-19-10-8-14)20-12-16-6-4-5-15-11-18(2,3)21-17(15)16/h4-10,13,20H,11-12H2,1-3H3/t13-/m1/s1. The van der Waals surface area contributed by atoms with Crippen molar-refractivity contribution in [1.82, 2.24) is 10.3 Å². The molecule has 3 rings (SSSR count). The summed E-state index contributed by atoms with van der Waals surface area (Å²) in [5.41, 5.74) is 3.71. The monoisotopic (exact) mass is 282 g/mol. The molecule has 0 saturated heterocycles. The summed E-state index contributed by atoms with van der Waals surface area (Å²) in [6, 6.07) is 10.8. The Balaban J connectivity index is 1.72. The van der Waals surface area contributed by atoms with Crippen LogP contribution in [0.5, 0.6) is 5.75 Å². The highest BCUT2D eigenvalue weighted by molar-refractivity contribution is 5.45. The number of rotatable bonds is 4. The van der Waals surface area contributed by atoms with Crippen molar-refractivity contribution >= 4 is 0 Å². The summed E-state index contributed by atoms with van der Waals surface area (Å²) in [6.07, 6.45) is 4.65. The molecule has 21 heavy (non-hydrogen) atoms. The van der Waals surface area contributed by atoms with Crippen LogP contribution < -0.4 is 10.1 Å². The third kappa shape index (κ3) is 3.08. The highest BCUT2D eigenvalue weighted by Crippen LogP contribution is 2.37. The quantitative estimate of drug-likeness (QED) is 0.929. The van der Waals surface area contributed by atoms with E-state index in [0.717, 1.165) is 18.7 Å². The van der Waals surface area contributed by atoms with Crippen molar-refractivity contribution in [2.75, 3.05) is 0 Å². The highest BCUT2D eigenvalue weighted by Gasteiger charge is 2.31. The second kappa shape index (κ2) is 5.49. The van der Waals surface area contributed by atoms with Crippen LogP contribution in [0.1, 0.15) is 43.5 Å². The van der Waals surface area contributed by atoms with Gasteiger partial charge in [-0.25, -0.2) is 0 Å². The predicted molar refractivity (Wildman–Crippen MR) is 84.3 cm³/mol. The summed E-state index contributed by atoms with van der Waals surface area (Å²) in [5, 5.41) is 3.56. The van der Waals surface area contributed by atoms with Gasteiger partial charge in [-0.1, -0.05) is 18.2 Å². The predicted octanol–water partition coefficient (Wildman–Crippen LogP) is 3.65. The average molecular weight is 282 g/mol. The van der Waals surface area contributed by atoms with Crippen molar-refractivity contribution in [2.45, 2.75) is 45.4 Å². The number of nitrogens with one attached hydrogen (secondary N) is 1. The van der Waals surface area contributed by atoms with Crippen molar-refractivity contribution < 1.29 is 4.74 Å². The fourth-order valence-corrected chi connectivity index (χ4v) is 2.85. The van der Waals surface area contributed by atoms with E-state index < -0.39 is 0 Å². The molecule has 0 unspecified atom stereocenters. The third-order valence-corrected chi connectivity index (χ3v) is 3.98. The minimum atomic E-state index is -0.0881. The molecule has 1 atom stereocenters. The molecule has 1 aromatic heterocycles. The first-order chi connectivity index (χ1) is 10.1. The van der Waals surface area contributed by atoms with Crippen LogP contribution in [0.15, 0.2) is 42.7 Å². The van der Waals surface area contributed by atoms with Gasteiger partial charge in [-0.15, -0.1) is 0 Å². The van der Waals surface area contributed by atoms with Gasteiger partial charge in [0.15, 0.2) is 0 Å². The molecule has 3 heteroatoms. The van der Waals surface area contributed by atoms with E-state index >= 15 is 0 Å². The first kappa shape index (κ1) is 14.1. The van der Waals surface area contributed by atoms with Crippen LogP contribution >= 0.6 is 0 Å². The molecule has 1 N–H and O–H groups in total. The second-order valence-corrected chi connectivity index (χ2v) is 6.33. The van der Waals surface area contributed by atoms with E-state index in [1.165, 1.54) is 16.7 Å². The number of nitrogens with zero attached hydrogens (tertiary/aromatic N) is 1. The lowest BCUT2D eigenvalue weighted by Gasteiger charge is -2.19. The van der Waals surface area contributed by atoms with Gasteiger partial charge in [-0.2, -0.15) is 0 Å². The SMILES string of the molecule is C[C@@H](NCc1cccc2c1OC(C)(C)C2)c1ccncc1. The molecule has 0 fully saturated rings. The Bertz CT molecular complexity index is 622. The number of pyridine rings is 1. The van der Waals surface area contributed by atoms with E-state index in [1.807, 2.05) is 24.5 Å². The van der Waals surface area contributed by atoms with Gasteiger partial charge in [0, 0.05) is 37.0 Å². The largest absolute Gasteiger partial charge is 0.487 e. The number of fused-ring (bicyclic) bond motifs is 1. The molecule has 1 aliphatic heterocycles. The zero-order chi connectivity index (χ0) is 14.9. The molecule has 0 radical (unpaired) electrons. The van der Waals surface area contributed by atoms with E-state index in [2.05, 4.69) is 49.3 Å². The highest BCUT2D eigenvalue weighted by atomic mass is 16.5. The van der Waals surface area contributed by atoms with Crippen molar-refractivity contribution in [2.24, 2.45) is 0 Å². The van der Waals surface area contributed by atoms with Gasteiger partial charge in [-0.05, 0) is 44.0 Å². The molecule has 1 aliphatic rings.